The van der Waals surface area contributed by atoms with Crippen LogP contribution in [-0.2, 0) is 6.54 Å². The summed E-state index contributed by atoms with van der Waals surface area (Å²) in [4.78, 5) is 19.9. The molecule has 2 N–H and O–H groups in total. The van der Waals surface area contributed by atoms with Crippen LogP contribution in [0.1, 0.15) is 24.3 Å². The lowest BCUT2D eigenvalue weighted by Crippen LogP contribution is -2.13. The van der Waals surface area contributed by atoms with Crippen LogP contribution < -0.4 is 5.73 Å². The van der Waals surface area contributed by atoms with Crippen molar-refractivity contribution in [2.24, 2.45) is 11.7 Å². The van der Waals surface area contributed by atoms with Gasteiger partial charge in [0.1, 0.15) is 11.3 Å². The van der Waals surface area contributed by atoms with Crippen LogP contribution >= 0.6 is 0 Å². The molecule has 1 amide bonds. The van der Waals surface area contributed by atoms with Crippen LogP contribution in [0.25, 0.3) is 22.2 Å². The predicted octanol–water partition coefficient (Wildman–Crippen LogP) is 2.85. The summed E-state index contributed by atoms with van der Waals surface area (Å²) in [6.07, 6.45) is 5.62. The van der Waals surface area contributed by atoms with Gasteiger partial charge in [-0.15, -0.1) is 0 Å². The molecule has 112 valence electrons. The second-order valence-electron chi connectivity index (χ2n) is 5.76. The number of rotatable bonds is 4. The number of fused-ring (bicyclic) bond motifs is 1. The van der Waals surface area contributed by atoms with Gasteiger partial charge in [0.25, 0.3) is 5.91 Å². The lowest BCUT2D eigenvalue weighted by atomic mass is 10.1. The van der Waals surface area contributed by atoms with Crippen LogP contribution in [-0.4, -0.2) is 20.4 Å². The van der Waals surface area contributed by atoms with Crippen LogP contribution in [0.4, 0.5) is 0 Å². The number of carbonyl (C=O) groups is 1. The van der Waals surface area contributed by atoms with Crippen molar-refractivity contribution in [1.82, 2.24) is 14.5 Å². The van der Waals surface area contributed by atoms with E-state index in [9.17, 15) is 4.79 Å². The largest absolute Gasteiger partial charge is 0.364 e. The molecule has 5 nitrogen and oxygen atoms in total. The van der Waals surface area contributed by atoms with Crippen molar-refractivity contribution in [3.8, 4) is 11.1 Å². The molecule has 3 heterocycles. The van der Waals surface area contributed by atoms with E-state index in [1.807, 2.05) is 18.2 Å². The highest BCUT2D eigenvalue weighted by atomic mass is 16.1. The molecule has 0 unspecified atom stereocenters. The SMILES string of the molecule is CC(C)Cn1cc(-c2ccncc2)c2ccc(C(N)=O)nc21. The van der Waals surface area contributed by atoms with Gasteiger partial charge >= 0.3 is 0 Å². The van der Waals surface area contributed by atoms with E-state index in [2.05, 4.69) is 34.6 Å². The maximum absolute atomic E-state index is 11.4. The lowest BCUT2D eigenvalue weighted by molar-refractivity contribution is 0.0996. The summed E-state index contributed by atoms with van der Waals surface area (Å²) in [5.74, 6) is -0.0374. The Labute approximate surface area is 128 Å². The minimum Gasteiger partial charge on any atom is -0.364 e. The number of nitrogens with two attached hydrogens (primary N) is 1. The van der Waals surface area contributed by atoms with Crippen molar-refractivity contribution >= 4 is 16.9 Å². The predicted molar refractivity (Wildman–Crippen MR) is 86.3 cm³/mol. The third kappa shape index (κ3) is 2.57. The number of amides is 1. The van der Waals surface area contributed by atoms with Crippen LogP contribution in [0.3, 0.4) is 0 Å². The van der Waals surface area contributed by atoms with Crippen molar-refractivity contribution < 1.29 is 4.79 Å². The Morgan fingerprint density at radius 3 is 2.59 bits per heavy atom. The van der Waals surface area contributed by atoms with Crippen LogP contribution in [0.5, 0.6) is 0 Å². The molecule has 0 aliphatic carbocycles. The Kier molecular flexibility index (Phi) is 3.63. The minimum atomic E-state index is -0.510. The minimum absolute atomic E-state index is 0.289. The second-order valence-corrected chi connectivity index (χ2v) is 5.76. The van der Waals surface area contributed by atoms with E-state index >= 15 is 0 Å². The fourth-order valence-electron chi connectivity index (χ4n) is 2.60. The summed E-state index contributed by atoms with van der Waals surface area (Å²) in [6.45, 7) is 5.13. The highest BCUT2D eigenvalue weighted by Gasteiger charge is 2.14. The van der Waals surface area contributed by atoms with Gasteiger partial charge < -0.3 is 10.3 Å². The Balaban J connectivity index is 2.24. The first-order valence-corrected chi connectivity index (χ1v) is 7.26. The first-order valence-electron chi connectivity index (χ1n) is 7.26. The molecular weight excluding hydrogens is 276 g/mol. The maximum Gasteiger partial charge on any atom is 0.267 e. The van der Waals surface area contributed by atoms with E-state index in [4.69, 9.17) is 5.73 Å². The van der Waals surface area contributed by atoms with Crippen molar-refractivity contribution in [3.63, 3.8) is 0 Å². The van der Waals surface area contributed by atoms with Gasteiger partial charge in [-0.2, -0.15) is 0 Å². The lowest BCUT2D eigenvalue weighted by Gasteiger charge is -2.07. The average Bonchev–Trinajstić information content (AvgIpc) is 2.85. The van der Waals surface area contributed by atoms with Gasteiger partial charge in [-0.3, -0.25) is 9.78 Å². The number of hydrogen-bond acceptors (Lipinski definition) is 3. The van der Waals surface area contributed by atoms with Gasteiger partial charge in [0.05, 0.1) is 0 Å². The molecule has 0 saturated heterocycles. The highest BCUT2D eigenvalue weighted by Crippen LogP contribution is 2.30. The van der Waals surface area contributed by atoms with Gasteiger partial charge in [-0.25, -0.2) is 4.98 Å². The molecule has 0 aliphatic rings. The Hall–Kier alpha value is -2.69. The molecule has 3 aromatic rings. The molecule has 0 radical (unpaired) electrons. The average molecular weight is 294 g/mol. The summed E-state index contributed by atoms with van der Waals surface area (Å²) in [5.41, 5.74) is 8.60. The molecular formula is C17H18N4O. The van der Waals surface area contributed by atoms with Gasteiger partial charge in [-0.1, -0.05) is 13.8 Å². The van der Waals surface area contributed by atoms with Crippen molar-refractivity contribution in [2.45, 2.75) is 20.4 Å². The topological polar surface area (TPSA) is 73.8 Å². The van der Waals surface area contributed by atoms with Crippen LogP contribution in [0, 0.1) is 5.92 Å². The number of nitrogens with zero attached hydrogens (tertiary/aromatic N) is 3. The first-order chi connectivity index (χ1) is 10.6. The number of carbonyl (C=O) groups excluding carboxylic acids is 1. The molecule has 0 bridgehead atoms. The van der Waals surface area contributed by atoms with E-state index in [0.717, 1.165) is 28.7 Å². The van der Waals surface area contributed by atoms with Gasteiger partial charge in [0.15, 0.2) is 0 Å². The first kappa shape index (κ1) is 14.3. The Morgan fingerprint density at radius 2 is 1.95 bits per heavy atom. The quantitative estimate of drug-likeness (QED) is 0.804. The molecule has 0 aliphatic heterocycles. The fourth-order valence-corrected chi connectivity index (χ4v) is 2.60. The van der Waals surface area contributed by atoms with Gasteiger partial charge in [-0.05, 0) is 35.7 Å². The molecule has 5 heteroatoms. The Morgan fingerprint density at radius 1 is 1.23 bits per heavy atom. The smallest absolute Gasteiger partial charge is 0.267 e. The summed E-state index contributed by atoms with van der Waals surface area (Å²) in [7, 11) is 0. The van der Waals surface area contributed by atoms with Crippen molar-refractivity contribution in [2.75, 3.05) is 0 Å². The Bertz CT molecular complexity index is 821. The zero-order valence-electron chi connectivity index (χ0n) is 12.7. The van der Waals surface area contributed by atoms with Crippen LogP contribution in [0.2, 0.25) is 0 Å². The van der Waals surface area contributed by atoms with E-state index in [-0.39, 0.29) is 5.69 Å². The molecule has 22 heavy (non-hydrogen) atoms. The number of pyridine rings is 2. The second kappa shape index (κ2) is 5.60. The number of hydrogen-bond donors (Lipinski definition) is 1. The third-order valence-electron chi connectivity index (χ3n) is 3.53. The van der Waals surface area contributed by atoms with Gasteiger partial charge in [0.2, 0.25) is 0 Å². The van der Waals surface area contributed by atoms with Crippen molar-refractivity contribution in [3.05, 3.63) is 48.5 Å². The normalized spacial score (nSPS) is 11.2. The van der Waals surface area contributed by atoms with E-state index < -0.39 is 5.91 Å². The monoisotopic (exact) mass is 294 g/mol. The number of primary amides is 1. The van der Waals surface area contributed by atoms with E-state index in [1.54, 1.807) is 18.5 Å². The fraction of sp³-hybridized carbons (Fsp3) is 0.235. The van der Waals surface area contributed by atoms with Crippen LogP contribution in [0.15, 0.2) is 42.9 Å². The summed E-state index contributed by atoms with van der Waals surface area (Å²) >= 11 is 0. The highest BCUT2D eigenvalue weighted by molar-refractivity contribution is 5.98. The van der Waals surface area contributed by atoms with E-state index in [0.29, 0.717) is 5.92 Å². The summed E-state index contributed by atoms with van der Waals surface area (Å²) < 4.78 is 2.09. The zero-order valence-corrected chi connectivity index (χ0v) is 12.7. The summed E-state index contributed by atoms with van der Waals surface area (Å²) in [6, 6.07) is 7.52. The molecule has 3 rings (SSSR count). The van der Waals surface area contributed by atoms with E-state index in [1.165, 1.54) is 0 Å². The zero-order chi connectivity index (χ0) is 15.7. The van der Waals surface area contributed by atoms with Crippen molar-refractivity contribution in [1.29, 1.82) is 0 Å². The van der Waals surface area contributed by atoms with Gasteiger partial charge in [0, 0.05) is 36.1 Å². The standard InChI is InChI=1S/C17H18N4O/c1-11(2)9-21-10-14(12-5-7-19-8-6-12)13-3-4-15(16(18)22)20-17(13)21/h3-8,10-11H,9H2,1-2H3,(H2,18,22). The number of aromatic nitrogens is 3. The summed E-state index contributed by atoms with van der Waals surface area (Å²) in [5, 5.41) is 1.01. The molecule has 0 atom stereocenters. The molecule has 0 aromatic carbocycles. The molecule has 3 aromatic heterocycles. The third-order valence-corrected chi connectivity index (χ3v) is 3.53. The molecule has 0 fully saturated rings. The molecule has 0 saturated carbocycles. The maximum atomic E-state index is 11.4. The molecule has 0 spiro atoms.